The van der Waals surface area contributed by atoms with Crippen LogP contribution in [0.2, 0.25) is 0 Å². The van der Waals surface area contributed by atoms with Gasteiger partial charge in [0.25, 0.3) is 17.7 Å². The molecule has 0 saturated heterocycles. The first-order valence-electron chi connectivity index (χ1n) is 11.8. The number of nitrogens with one attached hydrogen (secondary N) is 1. The van der Waals surface area contributed by atoms with E-state index in [0.717, 1.165) is 18.4 Å². The van der Waals surface area contributed by atoms with Crippen molar-refractivity contribution in [1.29, 1.82) is 0 Å². The summed E-state index contributed by atoms with van der Waals surface area (Å²) in [5.74, 6) is -0.723. The number of aryl methyl sites for hydroxylation is 1. The van der Waals surface area contributed by atoms with Gasteiger partial charge in [-0.1, -0.05) is 38.1 Å². The van der Waals surface area contributed by atoms with E-state index < -0.39 is 5.91 Å². The van der Waals surface area contributed by atoms with E-state index in [2.05, 4.69) is 17.4 Å². The van der Waals surface area contributed by atoms with E-state index >= 15 is 0 Å². The van der Waals surface area contributed by atoms with Gasteiger partial charge in [0.05, 0.1) is 40.0 Å². The van der Waals surface area contributed by atoms with E-state index in [0.29, 0.717) is 45.2 Å². The first kappa shape index (κ1) is 23.2. The third-order valence-electron chi connectivity index (χ3n) is 6.66. The van der Waals surface area contributed by atoms with Crippen LogP contribution in [0.25, 0.3) is 10.4 Å². The molecule has 0 fully saturated rings. The summed E-state index contributed by atoms with van der Waals surface area (Å²) in [6.45, 7) is 4.47. The fourth-order valence-electron chi connectivity index (χ4n) is 5.10. The molecule has 1 aliphatic heterocycles. The molecule has 1 aliphatic carbocycles. The maximum Gasteiger partial charge on any atom is 0.261 e. The minimum Gasteiger partial charge on any atom is -0.366 e. The number of nitrogens with two attached hydrogens (primary N) is 1. The average Bonchev–Trinajstić information content (AvgIpc) is 3.51. The molecule has 180 valence electrons. The van der Waals surface area contributed by atoms with Crippen molar-refractivity contribution in [2.24, 2.45) is 11.7 Å². The van der Waals surface area contributed by atoms with Crippen molar-refractivity contribution in [3.63, 3.8) is 0 Å². The van der Waals surface area contributed by atoms with Gasteiger partial charge in [0.2, 0.25) is 0 Å². The van der Waals surface area contributed by atoms with Crippen LogP contribution in [-0.2, 0) is 19.4 Å². The van der Waals surface area contributed by atoms with Gasteiger partial charge in [-0.3, -0.25) is 19.4 Å². The second-order valence-corrected chi connectivity index (χ2v) is 10.8. The monoisotopic (exact) mass is 488 g/mol. The van der Waals surface area contributed by atoms with Gasteiger partial charge in [0.15, 0.2) is 0 Å². The largest absolute Gasteiger partial charge is 0.366 e. The number of hydrogen-bond acceptors (Lipinski definition) is 5. The Morgan fingerprint density at radius 2 is 1.97 bits per heavy atom. The molecule has 0 bridgehead atoms. The van der Waals surface area contributed by atoms with E-state index in [9.17, 15) is 14.4 Å². The summed E-state index contributed by atoms with van der Waals surface area (Å²) in [5, 5.41) is 3.15. The Morgan fingerprint density at radius 1 is 1.20 bits per heavy atom. The van der Waals surface area contributed by atoms with Crippen LogP contribution in [0.3, 0.4) is 0 Å². The first-order chi connectivity index (χ1) is 16.7. The molecule has 0 spiro atoms. The van der Waals surface area contributed by atoms with Crippen molar-refractivity contribution in [1.82, 2.24) is 15.2 Å². The van der Waals surface area contributed by atoms with Crippen molar-refractivity contribution < 1.29 is 14.4 Å². The summed E-state index contributed by atoms with van der Waals surface area (Å²) in [4.78, 5) is 46.3. The maximum atomic E-state index is 13.2. The minimum absolute atomic E-state index is 0.0246. The number of fused-ring (bicyclic) bond motifs is 2. The summed E-state index contributed by atoms with van der Waals surface area (Å²) < 4.78 is 0. The van der Waals surface area contributed by atoms with E-state index in [-0.39, 0.29) is 29.3 Å². The van der Waals surface area contributed by atoms with Crippen LogP contribution in [0.5, 0.6) is 0 Å². The molecule has 1 unspecified atom stereocenters. The molecule has 3 N–H and O–H groups in total. The molecule has 8 heteroatoms. The molecule has 2 aromatic heterocycles. The maximum absolute atomic E-state index is 13.2. The molecule has 1 atom stereocenters. The summed E-state index contributed by atoms with van der Waals surface area (Å²) in [6, 6.07) is 11.7. The Balaban J connectivity index is 1.54. The summed E-state index contributed by atoms with van der Waals surface area (Å²) >= 11 is 1.27. The van der Waals surface area contributed by atoms with Crippen molar-refractivity contribution in [2.75, 3.05) is 7.05 Å². The molecule has 3 heterocycles. The summed E-state index contributed by atoms with van der Waals surface area (Å²) in [7, 11) is 1.71. The van der Waals surface area contributed by atoms with Gasteiger partial charge in [-0.05, 0) is 48.4 Å². The van der Waals surface area contributed by atoms with E-state index in [1.54, 1.807) is 24.1 Å². The Morgan fingerprint density at radius 3 is 2.71 bits per heavy atom. The van der Waals surface area contributed by atoms with Crippen molar-refractivity contribution in [3.05, 3.63) is 74.9 Å². The average molecular weight is 489 g/mol. The zero-order valence-electron chi connectivity index (χ0n) is 20.1. The first-order valence-corrected chi connectivity index (χ1v) is 12.7. The van der Waals surface area contributed by atoms with Crippen LogP contribution >= 0.6 is 11.3 Å². The van der Waals surface area contributed by atoms with Gasteiger partial charge in [-0.2, -0.15) is 0 Å². The van der Waals surface area contributed by atoms with Crippen molar-refractivity contribution in [3.8, 4) is 10.4 Å². The quantitative estimate of drug-likeness (QED) is 0.545. The third-order valence-corrected chi connectivity index (χ3v) is 7.76. The Kier molecular flexibility index (Phi) is 5.92. The number of thiophene rings is 1. The molecule has 0 saturated carbocycles. The zero-order chi connectivity index (χ0) is 24.9. The SMILES string of the molecule is CC(C)Cc1nc2c(c(-c3ccc(C(=O)NC4CCc5ccccc54)s3)c1C(N)=O)C(=O)N(C)C2. The predicted octanol–water partition coefficient (Wildman–Crippen LogP) is 4.11. The molecule has 35 heavy (non-hydrogen) atoms. The molecule has 3 aromatic rings. The molecule has 5 rings (SSSR count). The highest BCUT2D eigenvalue weighted by molar-refractivity contribution is 7.17. The second kappa shape index (κ2) is 8.92. The third kappa shape index (κ3) is 4.12. The highest BCUT2D eigenvalue weighted by Gasteiger charge is 2.35. The van der Waals surface area contributed by atoms with Gasteiger partial charge in [-0.15, -0.1) is 11.3 Å². The Hall–Kier alpha value is -3.52. The topological polar surface area (TPSA) is 105 Å². The number of aromatic nitrogens is 1. The van der Waals surface area contributed by atoms with Crippen molar-refractivity contribution in [2.45, 2.75) is 45.7 Å². The molecule has 0 radical (unpaired) electrons. The van der Waals surface area contributed by atoms with Crippen LogP contribution in [0.15, 0.2) is 36.4 Å². The highest BCUT2D eigenvalue weighted by Crippen LogP contribution is 2.40. The Labute approximate surface area is 208 Å². The number of primary amides is 1. The van der Waals surface area contributed by atoms with Crippen LogP contribution in [-0.4, -0.2) is 34.7 Å². The molecule has 2 aliphatic rings. The van der Waals surface area contributed by atoms with Crippen LogP contribution in [0.4, 0.5) is 0 Å². The lowest BCUT2D eigenvalue weighted by atomic mass is 9.93. The molecular formula is C27H28N4O3S. The smallest absolute Gasteiger partial charge is 0.261 e. The van der Waals surface area contributed by atoms with Crippen LogP contribution < -0.4 is 11.1 Å². The van der Waals surface area contributed by atoms with E-state index in [4.69, 9.17) is 10.7 Å². The second-order valence-electron chi connectivity index (χ2n) is 9.68. The number of carbonyl (C=O) groups excluding carboxylic acids is 3. The Bertz CT molecular complexity index is 1360. The van der Waals surface area contributed by atoms with E-state index in [1.807, 2.05) is 26.0 Å². The normalized spacial score (nSPS) is 16.5. The van der Waals surface area contributed by atoms with Crippen molar-refractivity contribution >= 4 is 29.1 Å². The summed E-state index contributed by atoms with van der Waals surface area (Å²) in [6.07, 6.45) is 2.37. The number of pyridine rings is 1. The van der Waals surface area contributed by atoms with Crippen LogP contribution in [0.1, 0.15) is 79.2 Å². The van der Waals surface area contributed by atoms with Gasteiger partial charge in [0.1, 0.15) is 0 Å². The molecule has 3 amide bonds. The highest BCUT2D eigenvalue weighted by atomic mass is 32.1. The standard InChI is InChI=1S/C27H28N4O3S/c1-14(2)12-18-22(25(28)32)24(23-19(29-18)13-31(3)27(23)34)20-10-11-21(35-20)26(33)30-17-9-8-15-6-4-5-7-16(15)17/h4-7,10-11,14,17H,8-9,12-13H2,1-3H3,(H2,28,32)(H,30,33). The number of nitrogens with zero attached hydrogens (tertiary/aromatic N) is 2. The predicted molar refractivity (Wildman–Crippen MR) is 135 cm³/mol. The fraction of sp³-hybridized carbons (Fsp3) is 0.333. The van der Waals surface area contributed by atoms with Gasteiger partial charge >= 0.3 is 0 Å². The lowest BCUT2D eigenvalue weighted by Crippen LogP contribution is -2.26. The number of rotatable bonds is 6. The number of amides is 3. The molecule has 1 aromatic carbocycles. The lowest BCUT2D eigenvalue weighted by Gasteiger charge is -2.16. The minimum atomic E-state index is -0.615. The fourth-order valence-corrected chi connectivity index (χ4v) is 6.06. The molecule has 7 nitrogen and oxygen atoms in total. The number of hydrogen-bond donors (Lipinski definition) is 2. The number of benzene rings is 1. The van der Waals surface area contributed by atoms with Crippen LogP contribution in [0, 0.1) is 5.92 Å². The number of carbonyl (C=O) groups is 3. The zero-order valence-corrected chi connectivity index (χ0v) is 20.9. The summed E-state index contributed by atoms with van der Waals surface area (Å²) in [5.41, 5.74) is 10.7. The van der Waals surface area contributed by atoms with Gasteiger partial charge in [-0.25, -0.2) is 0 Å². The van der Waals surface area contributed by atoms with E-state index in [1.165, 1.54) is 16.9 Å². The van der Waals surface area contributed by atoms with Gasteiger partial charge in [0, 0.05) is 17.5 Å². The molecular weight excluding hydrogens is 460 g/mol. The lowest BCUT2D eigenvalue weighted by molar-refractivity contribution is 0.0816. The van der Waals surface area contributed by atoms with Gasteiger partial charge < -0.3 is 16.0 Å².